The summed E-state index contributed by atoms with van der Waals surface area (Å²) in [5, 5.41) is 13.5. The monoisotopic (exact) mass is 316 g/mol. The lowest BCUT2D eigenvalue weighted by Crippen LogP contribution is -2.06. The first kappa shape index (κ1) is 15.1. The number of nitro benzene ring substituents is 1. The second-order valence-corrected chi connectivity index (χ2v) is 4.57. The molecule has 4 nitrogen and oxygen atoms in total. The van der Waals surface area contributed by atoms with Gasteiger partial charge in [0.1, 0.15) is 5.82 Å². The van der Waals surface area contributed by atoms with Crippen molar-refractivity contribution < 1.29 is 18.1 Å². The first-order valence-corrected chi connectivity index (χ1v) is 6.07. The maximum Gasteiger partial charge on any atom is 0.275 e. The van der Waals surface area contributed by atoms with Crippen LogP contribution in [0.3, 0.4) is 0 Å². The lowest BCUT2D eigenvalue weighted by molar-refractivity contribution is -0.385. The number of nitrogens with one attached hydrogen (secondary N) is 1. The molecule has 0 bridgehead atoms. The van der Waals surface area contributed by atoms with E-state index in [4.69, 9.17) is 11.6 Å². The van der Waals surface area contributed by atoms with Gasteiger partial charge in [-0.15, -0.1) is 0 Å². The Hall–Kier alpha value is -2.28. The predicted octanol–water partition coefficient (Wildman–Crippen LogP) is 4.28. The van der Waals surface area contributed by atoms with Crippen LogP contribution in [-0.2, 0) is 6.54 Å². The minimum absolute atomic E-state index is 0.174. The SMILES string of the molecule is O=[N+]([O-])c1cc(Cl)ccc1CNc1cc(F)cc(F)c1F. The standard InChI is InChI=1S/C13H8ClF3N2O2/c14-8-2-1-7(12(3-8)19(20)21)6-18-11-5-9(15)4-10(16)13(11)17/h1-5,18H,6H2. The lowest BCUT2D eigenvalue weighted by Gasteiger charge is -2.09. The Bertz CT molecular complexity index is 710. The van der Waals surface area contributed by atoms with Gasteiger partial charge in [-0.05, 0) is 12.1 Å². The van der Waals surface area contributed by atoms with Crippen molar-refractivity contribution in [1.29, 1.82) is 0 Å². The Morgan fingerprint density at radius 3 is 2.57 bits per heavy atom. The van der Waals surface area contributed by atoms with Crippen LogP contribution in [0.4, 0.5) is 24.5 Å². The Kier molecular flexibility index (Phi) is 4.32. The van der Waals surface area contributed by atoms with Crippen LogP contribution in [0.5, 0.6) is 0 Å². The van der Waals surface area contributed by atoms with Gasteiger partial charge in [0, 0.05) is 35.3 Å². The maximum atomic E-state index is 13.4. The molecule has 2 aromatic rings. The summed E-state index contributed by atoms with van der Waals surface area (Å²) < 4.78 is 39.5. The lowest BCUT2D eigenvalue weighted by atomic mass is 10.1. The average Bonchev–Trinajstić information content (AvgIpc) is 2.42. The maximum absolute atomic E-state index is 13.4. The van der Waals surface area contributed by atoms with E-state index in [2.05, 4.69) is 5.32 Å². The van der Waals surface area contributed by atoms with Crippen molar-refractivity contribution in [3.63, 3.8) is 0 Å². The zero-order valence-electron chi connectivity index (χ0n) is 10.4. The van der Waals surface area contributed by atoms with Gasteiger partial charge in [0.25, 0.3) is 5.69 Å². The molecule has 0 unspecified atom stereocenters. The summed E-state index contributed by atoms with van der Waals surface area (Å²) in [6, 6.07) is 5.11. The molecule has 0 heterocycles. The molecule has 1 N–H and O–H groups in total. The van der Waals surface area contributed by atoms with E-state index in [-0.39, 0.29) is 22.8 Å². The van der Waals surface area contributed by atoms with E-state index in [1.165, 1.54) is 12.1 Å². The van der Waals surface area contributed by atoms with Gasteiger partial charge < -0.3 is 5.32 Å². The summed E-state index contributed by atoms with van der Waals surface area (Å²) in [4.78, 5) is 10.2. The van der Waals surface area contributed by atoms with Crippen LogP contribution in [0.2, 0.25) is 5.02 Å². The van der Waals surface area contributed by atoms with E-state index < -0.39 is 28.1 Å². The Morgan fingerprint density at radius 1 is 1.19 bits per heavy atom. The largest absolute Gasteiger partial charge is 0.378 e. The highest BCUT2D eigenvalue weighted by Crippen LogP contribution is 2.25. The van der Waals surface area contributed by atoms with Gasteiger partial charge in [-0.3, -0.25) is 10.1 Å². The number of hydrogen-bond donors (Lipinski definition) is 1. The molecule has 0 aliphatic heterocycles. The Morgan fingerprint density at radius 2 is 1.90 bits per heavy atom. The van der Waals surface area contributed by atoms with Gasteiger partial charge in [0.05, 0.1) is 10.6 Å². The number of hydrogen-bond acceptors (Lipinski definition) is 3. The van der Waals surface area contributed by atoms with Crippen LogP contribution in [0.25, 0.3) is 0 Å². The molecule has 8 heteroatoms. The van der Waals surface area contributed by atoms with Gasteiger partial charge in [-0.2, -0.15) is 0 Å². The topological polar surface area (TPSA) is 55.2 Å². The molecule has 2 aromatic carbocycles. The molecule has 0 amide bonds. The molecule has 2 rings (SSSR count). The van der Waals surface area contributed by atoms with E-state index in [0.29, 0.717) is 6.07 Å². The molecular formula is C13H8ClF3N2O2. The molecule has 0 radical (unpaired) electrons. The molecule has 110 valence electrons. The third-order valence-corrected chi connectivity index (χ3v) is 2.94. The van der Waals surface area contributed by atoms with Crippen LogP contribution >= 0.6 is 11.6 Å². The fourth-order valence-corrected chi connectivity index (χ4v) is 1.90. The van der Waals surface area contributed by atoms with E-state index >= 15 is 0 Å². The molecule has 0 saturated carbocycles. The molecular weight excluding hydrogens is 309 g/mol. The van der Waals surface area contributed by atoms with E-state index in [9.17, 15) is 23.3 Å². The van der Waals surface area contributed by atoms with Crippen molar-refractivity contribution in [2.45, 2.75) is 6.54 Å². The van der Waals surface area contributed by atoms with Crippen LogP contribution < -0.4 is 5.32 Å². The van der Waals surface area contributed by atoms with E-state index in [0.717, 1.165) is 12.1 Å². The molecule has 0 fully saturated rings. The van der Waals surface area contributed by atoms with Crippen molar-refractivity contribution in [2.24, 2.45) is 0 Å². The number of nitrogens with zero attached hydrogens (tertiary/aromatic N) is 1. The minimum Gasteiger partial charge on any atom is -0.378 e. The second-order valence-electron chi connectivity index (χ2n) is 4.13. The average molecular weight is 317 g/mol. The molecule has 0 saturated heterocycles. The fraction of sp³-hybridized carbons (Fsp3) is 0.0769. The van der Waals surface area contributed by atoms with Crippen molar-refractivity contribution in [3.05, 3.63) is 68.5 Å². The van der Waals surface area contributed by atoms with Gasteiger partial charge in [-0.25, -0.2) is 13.2 Å². The van der Waals surface area contributed by atoms with Crippen molar-refractivity contribution >= 4 is 23.0 Å². The van der Waals surface area contributed by atoms with Crippen molar-refractivity contribution in [2.75, 3.05) is 5.32 Å². The highest BCUT2D eigenvalue weighted by Gasteiger charge is 2.16. The minimum atomic E-state index is -1.34. The number of rotatable bonds is 4. The number of anilines is 1. The number of halogens is 4. The number of nitro groups is 1. The Balaban J connectivity index is 2.27. The van der Waals surface area contributed by atoms with E-state index in [1.807, 2.05) is 0 Å². The summed E-state index contributed by atoms with van der Waals surface area (Å²) in [5.74, 6) is -3.56. The number of benzene rings is 2. The van der Waals surface area contributed by atoms with Gasteiger partial charge in [-0.1, -0.05) is 11.6 Å². The van der Waals surface area contributed by atoms with Crippen LogP contribution in [0.15, 0.2) is 30.3 Å². The summed E-state index contributed by atoms with van der Waals surface area (Å²) in [7, 11) is 0. The van der Waals surface area contributed by atoms with Crippen LogP contribution in [0.1, 0.15) is 5.56 Å². The Labute approximate surface area is 122 Å². The molecule has 0 spiro atoms. The highest BCUT2D eigenvalue weighted by atomic mass is 35.5. The van der Waals surface area contributed by atoms with Crippen molar-refractivity contribution in [3.8, 4) is 0 Å². The third-order valence-electron chi connectivity index (χ3n) is 2.71. The highest BCUT2D eigenvalue weighted by molar-refractivity contribution is 6.30. The van der Waals surface area contributed by atoms with Crippen LogP contribution in [0, 0.1) is 27.6 Å². The summed E-state index contributed by atoms with van der Waals surface area (Å²) in [6.45, 7) is -0.187. The van der Waals surface area contributed by atoms with Gasteiger partial charge in [0.2, 0.25) is 0 Å². The van der Waals surface area contributed by atoms with Gasteiger partial charge in [0.15, 0.2) is 11.6 Å². The van der Waals surface area contributed by atoms with E-state index in [1.54, 1.807) is 0 Å². The first-order valence-electron chi connectivity index (χ1n) is 5.69. The first-order chi connectivity index (χ1) is 9.88. The summed E-state index contributed by atoms with van der Waals surface area (Å²) in [6.07, 6.45) is 0. The normalized spacial score (nSPS) is 10.5. The zero-order chi connectivity index (χ0) is 15.6. The molecule has 21 heavy (non-hydrogen) atoms. The van der Waals surface area contributed by atoms with Crippen molar-refractivity contribution in [1.82, 2.24) is 0 Å². The van der Waals surface area contributed by atoms with Gasteiger partial charge >= 0.3 is 0 Å². The van der Waals surface area contributed by atoms with Crippen LogP contribution in [-0.4, -0.2) is 4.92 Å². The summed E-state index contributed by atoms with van der Waals surface area (Å²) in [5.41, 5.74) is -0.488. The fourth-order valence-electron chi connectivity index (χ4n) is 1.73. The second kappa shape index (κ2) is 6.01. The quantitative estimate of drug-likeness (QED) is 0.520. The molecule has 0 atom stereocenters. The summed E-state index contributed by atoms with van der Waals surface area (Å²) >= 11 is 5.66. The molecule has 0 aliphatic carbocycles. The zero-order valence-corrected chi connectivity index (χ0v) is 11.1. The molecule has 0 aliphatic rings. The third kappa shape index (κ3) is 3.43. The molecule has 0 aromatic heterocycles. The predicted molar refractivity (Wildman–Crippen MR) is 71.7 cm³/mol. The smallest absolute Gasteiger partial charge is 0.275 e.